The molecule has 4 heteroatoms. The molecule has 0 radical (unpaired) electrons. The van der Waals surface area contributed by atoms with Gasteiger partial charge < -0.3 is 15.2 Å². The summed E-state index contributed by atoms with van der Waals surface area (Å²) in [7, 11) is 0. The fraction of sp³-hybridized carbons (Fsp3) is 0.250. The van der Waals surface area contributed by atoms with Crippen LogP contribution >= 0.6 is 11.6 Å². The lowest BCUT2D eigenvalue weighted by atomic mass is 10.2. The second-order valence-electron chi connectivity index (χ2n) is 4.45. The maximum absolute atomic E-state index is 5.94. The van der Waals surface area contributed by atoms with Crippen LogP contribution in [-0.4, -0.2) is 6.61 Å². The highest BCUT2D eigenvalue weighted by Crippen LogP contribution is 2.22. The van der Waals surface area contributed by atoms with Crippen LogP contribution in [0.2, 0.25) is 5.02 Å². The number of hydrogen-bond acceptors (Lipinski definition) is 3. The molecule has 2 aromatic rings. The predicted molar refractivity (Wildman–Crippen MR) is 82.4 cm³/mol. The SMILES string of the molecule is CCCOc1ccc(OCc2cc(Cl)ccc2N)cc1. The van der Waals surface area contributed by atoms with E-state index in [1.54, 1.807) is 12.1 Å². The van der Waals surface area contributed by atoms with Crippen molar-refractivity contribution in [3.05, 3.63) is 53.1 Å². The Morgan fingerprint density at radius 1 is 1.00 bits per heavy atom. The van der Waals surface area contributed by atoms with Gasteiger partial charge in [0.05, 0.1) is 6.61 Å². The summed E-state index contributed by atoms with van der Waals surface area (Å²) in [4.78, 5) is 0. The van der Waals surface area contributed by atoms with Crippen LogP contribution in [0.15, 0.2) is 42.5 Å². The summed E-state index contributed by atoms with van der Waals surface area (Å²) in [5, 5.41) is 0.654. The summed E-state index contributed by atoms with van der Waals surface area (Å²) < 4.78 is 11.2. The Labute approximate surface area is 124 Å². The molecule has 2 N–H and O–H groups in total. The van der Waals surface area contributed by atoms with Gasteiger partial charge in [0.25, 0.3) is 0 Å². The number of rotatable bonds is 6. The standard InChI is InChI=1S/C16H18ClNO2/c1-2-9-19-14-4-6-15(7-5-14)20-11-12-10-13(17)3-8-16(12)18/h3-8,10H,2,9,11,18H2,1H3. The van der Waals surface area contributed by atoms with Crippen molar-refractivity contribution in [1.29, 1.82) is 0 Å². The van der Waals surface area contributed by atoms with Crippen molar-refractivity contribution in [2.45, 2.75) is 20.0 Å². The Kier molecular flexibility index (Phi) is 5.13. The molecule has 0 fully saturated rings. The monoisotopic (exact) mass is 291 g/mol. The van der Waals surface area contributed by atoms with Crippen molar-refractivity contribution in [3.63, 3.8) is 0 Å². The van der Waals surface area contributed by atoms with Crippen LogP contribution < -0.4 is 15.2 Å². The quantitative estimate of drug-likeness (QED) is 0.808. The van der Waals surface area contributed by atoms with Crippen molar-refractivity contribution < 1.29 is 9.47 Å². The molecule has 0 atom stereocenters. The van der Waals surface area contributed by atoms with Crippen molar-refractivity contribution in [1.82, 2.24) is 0 Å². The van der Waals surface area contributed by atoms with Crippen LogP contribution in [0.1, 0.15) is 18.9 Å². The molecule has 0 spiro atoms. The first kappa shape index (κ1) is 14.5. The lowest BCUT2D eigenvalue weighted by molar-refractivity contribution is 0.302. The Balaban J connectivity index is 1.95. The lowest BCUT2D eigenvalue weighted by Gasteiger charge is -2.10. The molecule has 0 aliphatic carbocycles. The minimum absolute atomic E-state index is 0.390. The van der Waals surface area contributed by atoms with Crippen molar-refractivity contribution in [3.8, 4) is 11.5 Å². The molecule has 2 rings (SSSR count). The zero-order valence-corrected chi connectivity index (χ0v) is 12.2. The fourth-order valence-electron chi connectivity index (χ4n) is 1.71. The van der Waals surface area contributed by atoms with Gasteiger partial charge in [0.2, 0.25) is 0 Å². The summed E-state index contributed by atoms with van der Waals surface area (Å²) in [6.07, 6.45) is 0.992. The van der Waals surface area contributed by atoms with E-state index in [0.717, 1.165) is 30.1 Å². The summed E-state index contributed by atoms with van der Waals surface area (Å²) in [5.74, 6) is 1.62. The number of nitrogens with two attached hydrogens (primary N) is 1. The topological polar surface area (TPSA) is 44.5 Å². The largest absolute Gasteiger partial charge is 0.494 e. The Bertz CT molecular complexity index is 555. The van der Waals surface area contributed by atoms with Crippen molar-refractivity contribution in [2.24, 2.45) is 0 Å². The molecule has 0 aliphatic heterocycles. The van der Waals surface area contributed by atoms with Gasteiger partial charge in [0.15, 0.2) is 0 Å². The first-order valence-corrected chi connectivity index (χ1v) is 6.96. The van der Waals surface area contributed by atoms with Crippen LogP contribution in [0.3, 0.4) is 0 Å². The lowest BCUT2D eigenvalue weighted by Crippen LogP contribution is -2.00. The molecule has 0 saturated heterocycles. The minimum atomic E-state index is 0.390. The third kappa shape index (κ3) is 4.07. The normalized spacial score (nSPS) is 10.3. The van der Waals surface area contributed by atoms with Crippen LogP contribution in [0.4, 0.5) is 5.69 Å². The zero-order valence-electron chi connectivity index (χ0n) is 11.4. The first-order chi connectivity index (χ1) is 9.69. The number of hydrogen-bond donors (Lipinski definition) is 1. The first-order valence-electron chi connectivity index (χ1n) is 6.58. The molecule has 20 heavy (non-hydrogen) atoms. The number of benzene rings is 2. The maximum Gasteiger partial charge on any atom is 0.120 e. The number of nitrogen functional groups attached to an aromatic ring is 1. The van der Waals surface area contributed by atoms with E-state index in [9.17, 15) is 0 Å². The average molecular weight is 292 g/mol. The summed E-state index contributed by atoms with van der Waals surface area (Å²) in [5.41, 5.74) is 7.43. The molecule has 0 saturated carbocycles. The van der Waals surface area contributed by atoms with Crippen LogP contribution in [-0.2, 0) is 6.61 Å². The number of halogens is 1. The van der Waals surface area contributed by atoms with E-state index in [0.29, 0.717) is 17.3 Å². The molecule has 106 valence electrons. The van der Waals surface area contributed by atoms with Gasteiger partial charge in [0, 0.05) is 16.3 Å². The van der Waals surface area contributed by atoms with Gasteiger partial charge in [-0.15, -0.1) is 0 Å². The van der Waals surface area contributed by atoms with Crippen LogP contribution in [0, 0.1) is 0 Å². The van der Waals surface area contributed by atoms with Gasteiger partial charge in [-0.25, -0.2) is 0 Å². The Morgan fingerprint density at radius 3 is 2.30 bits per heavy atom. The number of anilines is 1. The molecule has 0 aromatic heterocycles. The van der Waals surface area contributed by atoms with Crippen LogP contribution in [0.25, 0.3) is 0 Å². The van der Waals surface area contributed by atoms with Gasteiger partial charge in [0.1, 0.15) is 18.1 Å². The molecule has 0 bridgehead atoms. The average Bonchev–Trinajstić information content (AvgIpc) is 2.47. The summed E-state index contributed by atoms with van der Waals surface area (Å²) in [6, 6.07) is 12.9. The van der Waals surface area contributed by atoms with E-state index in [-0.39, 0.29) is 0 Å². The Hall–Kier alpha value is -1.87. The molecule has 2 aromatic carbocycles. The molecule has 0 amide bonds. The van der Waals surface area contributed by atoms with Crippen LogP contribution in [0.5, 0.6) is 11.5 Å². The van der Waals surface area contributed by atoms with E-state index in [1.165, 1.54) is 0 Å². The second-order valence-corrected chi connectivity index (χ2v) is 4.89. The fourth-order valence-corrected chi connectivity index (χ4v) is 1.91. The highest BCUT2D eigenvalue weighted by atomic mass is 35.5. The van der Waals surface area contributed by atoms with Gasteiger partial charge in [-0.3, -0.25) is 0 Å². The van der Waals surface area contributed by atoms with Gasteiger partial charge in [-0.2, -0.15) is 0 Å². The molecule has 0 heterocycles. The third-order valence-electron chi connectivity index (χ3n) is 2.80. The highest BCUT2D eigenvalue weighted by molar-refractivity contribution is 6.30. The molecular weight excluding hydrogens is 274 g/mol. The van der Waals surface area contributed by atoms with Gasteiger partial charge >= 0.3 is 0 Å². The van der Waals surface area contributed by atoms with E-state index in [2.05, 4.69) is 6.92 Å². The zero-order chi connectivity index (χ0) is 14.4. The summed E-state index contributed by atoms with van der Waals surface area (Å²) in [6.45, 7) is 3.19. The van der Waals surface area contributed by atoms with Gasteiger partial charge in [-0.1, -0.05) is 18.5 Å². The molecule has 3 nitrogen and oxygen atoms in total. The van der Waals surface area contributed by atoms with Gasteiger partial charge in [-0.05, 0) is 48.9 Å². The van der Waals surface area contributed by atoms with E-state index < -0.39 is 0 Å². The summed E-state index contributed by atoms with van der Waals surface area (Å²) >= 11 is 5.94. The molecular formula is C16H18ClNO2. The predicted octanol–water partition coefficient (Wildman–Crippen LogP) is 4.29. The van der Waals surface area contributed by atoms with E-state index >= 15 is 0 Å². The Morgan fingerprint density at radius 2 is 1.65 bits per heavy atom. The second kappa shape index (κ2) is 7.06. The minimum Gasteiger partial charge on any atom is -0.494 e. The maximum atomic E-state index is 5.94. The highest BCUT2D eigenvalue weighted by Gasteiger charge is 2.02. The van der Waals surface area contributed by atoms with E-state index in [1.807, 2.05) is 30.3 Å². The molecule has 0 aliphatic rings. The van der Waals surface area contributed by atoms with Crippen molar-refractivity contribution in [2.75, 3.05) is 12.3 Å². The third-order valence-corrected chi connectivity index (χ3v) is 3.03. The number of ether oxygens (including phenoxy) is 2. The molecule has 0 unspecified atom stereocenters. The van der Waals surface area contributed by atoms with E-state index in [4.69, 9.17) is 26.8 Å². The van der Waals surface area contributed by atoms with Crippen molar-refractivity contribution >= 4 is 17.3 Å². The smallest absolute Gasteiger partial charge is 0.120 e.